The summed E-state index contributed by atoms with van der Waals surface area (Å²) in [6, 6.07) is 9.76. The Labute approximate surface area is 178 Å². The molecule has 1 fully saturated rings. The predicted octanol–water partition coefficient (Wildman–Crippen LogP) is 3.81. The maximum atomic E-state index is 13.8. The van der Waals surface area contributed by atoms with E-state index in [1.165, 1.54) is 35.2 Å². The minimum Gasteiger partial charge on any atom is -0.337 e. The first-order valence-electron chi connectivity index (χ1n) is 8.59. The van der Waals surface area contributed by atoms with Gasteiger partial charge in [-0.2, -0.15) is 5.26 Å². The molecule has 10 heteroatoms. The number of nitrogens with zero attached hydrogens (tertiary/aromatic N) is 3. The van der Waals surface area contributed by atoms with Gasteiger partial charge in [0.25, 0.3) is 5.91 Å². The highest BCUT2D eigenvalue weighted by atomic mass is 35.5. The molecular formula is C20H11ClF2N4O2S. The fourth-order valence-corrected chi connectivity index (χ4v) is 4.18. The van der Waals surface area contributed by atoms with E-state index in [0.717, 1.165) is 17.4 Å². The van der Waals surface area contributed by atoms with E-state index in [1.54, 1.807) is 6.07 Å². The molecule has 1 aromatic heterocycles. The lowest BCUT2D eigenvalue weighted by Crippen LogP contribution is -2.29. The Morgan fingerprint density at radius 3 is 2.60 bits per heavy atom. The van der Waals surface area contributed by atoms with Crippen LogP contribution in [0.15, 0.2) is 36.4 Å². The molecule has 4 rings (SSSR count). The summed E-state index contributed by atoms with van der Waals surface area (Å²) in [5.74, 6) is -2.01. The monoisotopic (exact) mass is 444 g/mol. The molecule has 6 nitrogen and oxygen atoms in total. The SMILES string of the molecule is N#Cc1cc(-c2sc(C(=O)N3CNC(=O)C3)nc2-c2ccc(F)c(Cl)c2)ccc1F. The molecule has 0 bridgehead atoms. The van der Waals surface area contributed by atoms with Gasteiger partial charge in [-0.05, 0) is 35.9 Å². The lowest BCUT2D eigenvalue weighted by atomic mass is 10.0. The Morgan fingerprint density at radius 1 is 1.20 bits per heavy atom. The van der Waals surface area contributed by atoms with Crippen LogP contribution in [0.1, 0.15) is 15.4 Å². The van der Waals surface area contributed by atoms with Crippen molar-refractivity contribution in [3.05, 3.63) is 63.6 Å². The molecule has 0 saturated carbocycles. The summed E-state index contributed by atoms with van der Waals surface area (Å²) in [5.41, 5.74) is 1.09. The topological polar surface area (TPSA) is 86.1 Å². The van der Waals surface area contributed by atoms with Crippen LogP contribution >= 0.6 is 22.9 Å². The van der Waals surface area contributed by atoms with Crippen LogP contribution in [-0.2, 0) is 4.79 Å². The Kier molecular flexibility index (Phi) is 5.20. The van der Waals surface area contributed by atoms with E-state index < -0.39 is 17.5 Å². The van der Waals surface area contributed by atoms with Crippen molar-refractivity contribution < 1.29 is 18.4 Å². The summed E-state index contributed by atoms with van der Waals surface area (Å²) in [4.78, 5) is 30.4. The molecule has 1 N–H and O–H groups in total. The average Bonchev–Trinajstić information content (AvgIpc) is 3.37. The maximum absolute atomic E-state index is 13.8. The molecular weight excluding hydrogens is 434 g/mol. The van der Waals surface area contributed by atoms with Crippen molar-refractivity contribution in [3.63, 3.8) is 0 Å². The second kappa shape index (κ2) is 7.82. The highest BCUT2D eigenvalue weighted by Crippen LogP contribution is 2.39. The van der Waals surface area contributed by atoms with E-state index in [9.17, 15) is 18.4 Å². The van der Waals surface area contributed by atoms with Gasteiger partial charge in [0, 0.05) is 5.56 Å². The van der Waals surface area contributed by atoms with Crippen molar-refractivity contribution in [1.82, 2.24) is 15.2 Å². The van der Waals surface area contributed by atoms with E-state index >= 15 is 0 Å². The van der Waals surface area contributed by atoms with Crippen LogP contribution in [0.4, 0.5) is 8.78 Å². The van der Waals surface area contributed by atoms with Gasteiger partial charge >= 0.3 is 0 Å². The van der Waals surface area contributed by atoms with Gasteiger partial charge in [0.2, 0.25) is 5.91 Å². The normalized spacial score (nSPS) is 13.3. The van der Waals surface area contributed by atoms with Crippen LogP contribution < -0.4 is 5.32 Å². The average molecular weight is 445 g/mol. The van der Waals surface area contributed by atoms with Crippen LogP contribution in [-0.4, -0.2) is 34.9 Å². The quantitative estimate of drug-likeness (QED) is 0.665. The van der Waals surface area contributed by atoms with Crippen LogP contribution in [0.5, 0.6) is 0 Å². The second-order valence-electron chi connectivity index (χ2n) is 6.39. The Bertz CT molecular complexity index is 1240. The first kappa shape index (κ1) is 19.9. The van der Waals surface area contributed by atoms with Gasteiger partial charge in [0.05, 0.1) is 27.8 Å². The summed E-state index contributed by atoms with van der Waals surface area (Å²) in [7, 11) is 0. The summed E-state index contributed by atoms with van der Waals surface area (Å²) < 4.78 is 27.4. The number of benzene rings is 2. The molecule has 2 heterocycles. The molecule has 150 valence electrons. The maximum Gasteiger partial charge on any atom is 0.284 e. The molecule has 0 spiro atoms. The number of hydrogen-bond acceptors (Lipinski definition) is 5. The minimum absolute atomic E-state index is 0.0689. The summed E-state index contributed by atoms with van der Waals surface area (Å²) in [5, 5.41) is 11.7. The van der Waals surface area contributed by atoms with Crippen molar-refractivity contribution in [2.24, 2.45) is 0 Å². The molecule has 0 aliphatic carbocycles. The zero-order chi connectivity index (χ0) is 21.4. The van der Waals surface area contributed by atoms with Gasteiger partial charge in [-0.25, -0.2) is 13.8 Å². The van der Waals surface area contributed by atoms with Crippen LogP contribution in [0.3, 0.4) is 0 Å². The standard InChI is InChI=1S/C20H11ClF2N4O2S/c21-13-6-10(1-4-15(13)23)17-18(11-2-3-14(22)12(5-11)7-24)30-19(26-17)20(29)27-8-16(28)25-9-27/h1-6H,8-9H2,(H,25,28). The molecule has 1 aliphatic rings. The number of nitrogens with one attached hydrogen (secondary N) is 1. The molecule has 2 amide bonds. The minimum atomic E-state index is -0.671. The second-order valence-corrected chi connectivity index (χ2v) is 7.80. The molecule has 2 aromatic carbocycles. The van der Waals surface area contributed by atoms with Crippen LogP contribution in [0, 0.1) is 23.0 Å². The van der Waals surface area contributed by atoms with Gasteiger partial charge in [0.15, 0.2) is 5.01 Å². The smallest absolute Gasteiger partial charge is 0.284 e. The zero-order valence-corrected chi connectivity index (χ0v) is 16.7. The highest BCUT2D eigenvalue weighted by molar-refractivity contribution is 7.17. The third kappa shape index (κ3) is 3.63. The van der Waals surface area contributed by atoms with E-state index in [-0.39, 0.29) is 34.7 Å². The first-order valence-corrected chi connectivity index (χ1v) is 9.79. The van der Waals surface area contributed by atoms with E-state index in [1.807, 2.05) is 0 Å². The Hall–Kier alpha value is -3.35. The fourth-order valence-electron chi connectivity index (χ4n) is 2.95. The van der Waals surface area contributed by atoms with Gasteiger partial charge in [0.1, 0.15) is 24.2 Å². The first-order chi connectivity index (χ1) is 14.4. The Morgan fingerprint density at radius 2 is 1.93 bits per heavy atom. The predicted molar refractivity (Wildman–Crippen MR) is 107 cm³/mol. The summed E-state index contributed by atoms with van der Waals surface area (Å²) >= 11 is 6.94. The molecule has 0 unspecified atom stereocenters. The number of carbonyl (C=O) groups is 2. The van der Waals surface area contributed by atoms with Crippen molar-refractivity contribution in [2.45, 2.75) is 0 Å². The molecule has 1 aliphatic heterocycles. The number of carbonyl (C=O) groups excluding carboxylic acids is 2. The number of aromatic nitrogens is 1. The molecule has 0 atom stereocenters. The van der Waals surface area contributed by atoms with Gasteiger partial charge in [-0.15, -0.1) is 11.3 Å². The van der Waals surface area contributed by atoms with Crippen molar-refractivity contribution in [1.29, 1.82) is 5.26 Å². The van der Waals surface area contributed by atoms with Gasteiger partial charge < -0.3 is 10.2 Å². The van der Waals surface area contributed by atoms with Crippen molar-refractivity contribution in [3.8, 4) is 27.8 Å². The van der Waals surface area contributed by atoms with Crippen LogP contribution in [0.25, 0.3) is 21.7 Å². The fraction of sp³-hybridized carbons (Fsp3) is 0.100. The highest BCUT2D eigenvalue weighted by Gasteiger charge is 2.28. The number of hydrogen-bond donors (Lipinski definition) is 1. The Balaban J connectivity index is 1.85. The summed E-state index contributed by atoms with van der Waals surface area (Å²) in [6.45, 7) is -0.0139. The molecule has 30 heavy (non-hydrogen) atoms. The zero-order valence-electron chi connectivity index (χ0n) is 15.1. The molecule has 3 aromatic rings. The number of halogens is 3. The van der Waals surface area contributed by atoms with Crippen molar-refractivity contribution in [2.75, 3.05) is 13.2 Å². The largest absolute Gasteiger partial charge is 0.337 e. The summed E-state index contributed by atoms with van der Waals surface area (Å²) in [6.07, 6.45) is 0. The van der Waals surface area contributed by atoms with E-state index in [2.05, 4.69) is 10.3 Å². The third-order valence-corrected chi connectivity index (χ3v) is 5.82. The van der Waals surface area contributed by atoms with Crippen molar-refractivity contribution >= 4 is 34.8 Å². The lowest BCUT2D eigenvalue weighted by Gasteiger charge is -2.10. The van der Waals surface area contributed by atoms with Gasteiger partial charge in [-0.3, -0.25) is 9.59 Å². The van der Waals surface area contributed by atoms with Gasteiger partial charge in [-0.1, -0.05) is 17.7 Å². The third-order valence-electron chi connectivity index (χ3n) is 4.44. The number of rotatable bonds is 3. The van der Waals surface area contributed by atoms with E-state index in [0.29, 0.717) is 21.7 Å². The molecule has 0 radical (unpaired) electrons. The number of thiazole rings is 1. The lowest BCUT2D eigenvalue weighted by molar-refractivity contribution is -0.118. The number of amides is 2. The number of nitriles is 1. The van der Waals surface area contributed by atoms with E-state index in [4.69, 9.17) is 16.9 Å². The van der Waals surface area contributed by atoms with Crippen LogP contribution in [0.2, 0.25) is 5.02 Å². The molecule has 1 saturated heterocycles.